The van der Waals surface area contributed by atoms with E-state index in [-0.39, 0.29) is 0 Å². The summed E-state index contributed by atoms with van der Waals surface area (Å²) in [4.78, 5) is 0. The molecular weight excluding hydrogens is 216 g/mol. The Morgan fingerprint density at radius 2 is 2.06 bits per heavy atom. The lowest BCUT2D eigenvalue weighted by molar-refractivity contribution is 0.171. The first-order valence-electron chi connectivity index (χ1n) is 6.29. The van der Waals surface area contributed by atoms with Crippen LogP contribution in [0.5, 0.6) is 11.5 Å². The molecule has 0 bridgehead atoms. The van der Waals surface area contributed by atoms with Crippen molar-refractivity contribution in [1.29, 1.82) is 0 Å². The fraction of sp³-hybridized carbons (Fsp3) is 0.538. The third-order valence-electron chi connectivity index (χ3n) is 3.21. The van der Waals surface area contributed by atoms with Crippen LogP contribution in [-0.2, 0) is 0 Å². The average molecular weight is 234 g/mol. The maximum absolute atomic E-state index is 5.57. The zero-order chi connectivity index (χ0) is 11.5. The number of benzene rings is 1. The van der Waals surface area contributed by atoms with Crippen LogP contribution in [0.15, 0.2) is 18.2 Å². The van der Waals surface area contributed by atoms with Crippen LogP contribution in [-0.4, -0.2) is 32.3 Å². The monoisotopic (exact) mass is 234 g/mol. The number of ether oxygens (including phenoxy) is 2. The largest absolute Gasteiger partial charge is 0.486 e. The number of fused-ring (bicyclic) bond motifs is 1. The molecule has 4 heteroatoms. The molecule has 4 nitrogen and oxygen atoms in total. The fourth-order valence-corrected chi connectivity index (χ4v) is 2.34. The second-order valence-corrected chi connectivity index (χ2v) is 4.55. The lowest BCUT2D eigenvalue weighted by Gasteiger charge is -2.26. The molecule has 3 rings (SSSR count). The molecule has 0 amide bonds. The van der Waals surface area contributed by atoms with Gasteiger partial charge in [-0.3, -0.25) is 0 Å². The third kappa shape index (κ3) is 2.47. The zero-order valence-electron chi connectivity index (χ0n) is 9.87. The van der Waals surface area contributed by atoms with Gasteiger partial charge in [0.2, 0.25) is 0 Å². The van der Waals surface area contributed by atoms with Gasteiger partial charge >= 0.3 is 0 Å². The van der Waals surface area contributed by atoms with Crippen LogP contribution in [0, 0.1) is 0 Å². The highest BCUT2D eigenvalue weighted by atomic mass is 16.6. The summed E-state index contributed by atoms with van der Waals surface area (Å²) in [6, 6.07) is 6.59. The van der Waals surface area contributed by atoms with Crippen molar-refractivity contribution in [3.8, 4) is 11.5 Å². The highest BCUT2D eigenvalue weighted by Gasteiger charge is 2.15. The van der Waals surface area contributed by atoms with Gasteiger partial charge in [-0.05, 0) is 31.5 Å². The van der Waals surface area contributed by atoms with E-state index in [4.69, 9.17) is 9.47 Å². The number of piperidine rings is 1. The molecule has 1 saturated heterocycles. The summed E-state index contributed by atoms with van der Waals surface area (Å²) in [6.45, 7) is 3.46. The smallest absolute Gasteiger partial charge is 0.163 e. The van der Waals surface area contributed by atoms with Crippen LogP contribution < -0.4 is 20.1 Å². The van der Waals surface area contributed by atoms with Crippen LogP contribution in [0.1, 0.15) is 12.8 Å². The quantitative estimate of drug-likeness (QED) is 0.816. The van der Waals surface area contributed by atoms with E-state index in [1.165, 1.54) is 12.8 Å². The molecule has 2 heterocycles. The van der Waals surface area contributed by atoms with Crippen LogP contribution in [0.4, 0.5) is 5.69 Å². The molecule has 0 saturated carbocycles. The van der Waals surface area contributed by atoms with Crippen molar-refractivity contribution in [1.82, 2.24) is 5.32 Å². The van der Waals surface area contributed by atoms with Crippen molar-refractivity contribution in [2.75, 3.05) is 31.6 Å². The lowest BCUT2D eigenvalue weighted by atomic mass is 10.1. The molecule has 2 aliphatic heterocycles. The van der Waals surface area contributed by atoms with E-state index in [2.05, 4.69) is 16.7 Å². The van der Waals surface area contributed by atoms with Crippen LogP contribution >= 0.6 is 0 Å². The van der Waals surface area contributed by atoms with Gasteiger partial charge in [0.05, 0.1) is 0 Å². The Morgan fingerprint density at radius 3 is 2.88 bits per heavy atom. The van der Waals surface area contributed by atoms with Crippen molar-refractivity contribution in [3.63, 3.8) is 0 Å². The Kier molecular flexibility index (Phi) is 3.05. The van der Waals surface area contributed by atoms with Gasteiger partial charge in [-0.15, -0.1) is 0 Å². The number of anilines is 1. The zero-order valence-corrected chi connectivity index (χ0v) is 9.87. The van der Waals surface area contributed by atoms with Gasteiger partial charge in [0.1, 0.15) is 13.2 Å². The van der Waals surface area contributed by atoms with Crippen molar-refractivity contribution >= 4 is 5.69 Å². The van der Waals surface area contributed by atoms with E-state index in [0.717, 1.165) is 30.3 Å². The first-order chi connectivity index (χ1) is 8.42. The van der Waals surface area contributed by atoms with E-state index >= 15 is 0 Å². The molecule has 0 unspecified atom stereocenters. The normalized spacial score (nSPS) is 23.2. The predicted octanol–water partition coefficient (Wildman–Crippen LogP) is 1.62. The lowest BCUT2D eigenvalue weighted by Crippen LogP contribution is -2.38. The molecule has 1 aromatic carbocycles. The number of nitrogens with one attached hydrogen (secondary N) is 2. The Balaban J connectivity index is 1.70. The predicted molar refractivity (Wildman–Crippen MR) is 66.9 cm³/mol. The topological polar surface area (TPSA) is 42.5 Å². The minimum atomic E-state index is 0.520. The summed E-state index contributed by atoms with van der Waals surface area (Å²) in [7, 11) is 0. The first-order valence-corrected chi connectivity index (χ1v) is 6.29. The standard InChI is InChI=1S/C13H18N2O2/c1-2-11(9-14-5-1)15-10-3-4-12-13(8-10)17-7-6-16-12/h3-4,8,11,14-15H,1-2,5-7,9H2/t11-/m1/s1. The molecule has 1 atom stereocenters. The van der Waals surface area contributed by atoms with Gasteiger partial charge in [-0.25, -0.2) is 0 Å². The Morgan fingerprint density at radius 1 is 1.18 bits per heavy atom. The summed E-state index contributed by atoms with van der Waals surface area (Å²) in [5.74, 6) is 1.70. The van der Waals surface area contributed by atoms with Crippen molar-refractivity contribution in [2.24, 2.45) is 0 Å². The summed E-state index contributed by atoms with van der Waals surface area (Å²) in [5, 5.41) is 6.93. The number of hydrogen-bond acceptors (Lipinski definition) is 4. The van der Waals surface area contributed by atoms with Crippen LogP contribution in [0.25, 0.3) is 0 Å². The summed E-state index contributed by atoms with van der Waals surface area (Å²) in [6.07, 6.45) is 2.46. The summed E-state index contributed by atoms with van der Waals surface area (Å²) in [5.41, 5.74) is 1.11. The maximum atomic E-state index is 5.57. The summed E-state index contributed by atoms with van der Waals surface area (Å²) >= 11 is 0. The second-order valence-electron chi connectivity index (χ2n) is 4.55. The second kappa shape index (κ2) is 4.84. The Hall–Kier alpha value is -1.42. The highest BCUT2D eigenvalue weighted by molar-refractivity contribution is 5.55. The molecule has 0 aromatic heterocycles. The molecule has 0 radical (unpaired) electrons. The molecule has 0 aliphatic carbocycles. The van der Waals surface area contributed by atoms with Gasteiger partial charge < -0.3 is 20.1 Å². The summed E-state index contributed by atoms with van der Waals surface area (Å²) < 4.78 is 11.1. The molecular formula is C13H18N2O2. The van der Waals surface area contributed by atoms with Crippen molar-refractivity contribution in [2.45, 2.75) is 18.9 Å². The first kappa shape index (κ1) is 10.7. The van der Waals surface area contributed by atoms with Crippen molar-refractivity contribution < 1.29 is 9.47 Å². The molecule has 1 aromatic rings. The van der Waals surface area contributed by atoms with Gasteiger partial charge in [0.15, 0.2) is 11.5 Å². The molecule has 2 aliphatic rings. The molecule has 17 heavy (non-hydrogen) atoms. The number of rotatable bonds is 2. The fourth-order valence-electron chi connectivity index (χ4n) is 2.34. The maximum Gasteiger partial charge on any atom is 0.163 e. The van der Waals surface area contributed by atoms with E-state index in [1.54, 1.807) is 0 Å². The SMILES string of the molecule is c1cc2c(cc1N[C@@H]1CCCNC1)OCCO2. The van der Waals surface area contributed by atoms with E-state index in [0.29, 0.717) is 19.3 Å². The molecule has 92 valence electrons. The highest BCUT2D eigenvalue weighted by Crippen LogP contribution is 2.32. The number of hydrogen-bond donors (Lipinski definition) is 2. The van der Waals surface area contributed by atoms with Gasteiger partial charge in [-0.1, -0.05) is 0 Å². The molecule has 0 spiro atoms. The van der Waals surface area contributed by atoms with Gasteiger partial charge in [0.25, 0.3) is 0 Å². The van der Waals surface area contributed by atoms with E-state index in [1.807, 2.05) is 12.1 Å². The van der Waals surface area contributed by atoms with Gasteiger partial charge in [-0.2, -0.15) is 0 Å². The van der Waals surface area contributed by atoms with Crippen LogP contribution in [0.3, 0.4) is 0 Å². The minimum absolute atomic E-state index is 0.520. The van der Waals surface area contributed by atoms with E-state index < -0.39 is 0 Å². The molecule has 2 N–H and O–H groups in total. The molecule has 1 fully saturated rings. The van der Waals surface area contributed by atoms with Crippen molar-refractivity contribution in [3.05, 3.63) is 18.2 Å². The Labute approximate surface area is 101 Å². The minimum Gasteiger partial charge on any atom is -0.486 e. The average Bonchev–Trinajstić information content (AvgIpc) is 2.40. The van der Waals surface area contributed by atoms with Gasteiger partial charge in [0, 0.05) is 24.3 Å². The Bertz CT molecular complexity index is 389. The third-order valence-corrected chi connectivity index (χ3v) is 3.21. The van der Waals surface area contributed by atoms with E-state index in [9.17, 15) is 0 Å². The van der Waals surface area contributed by atoms with Crippen LogP contribution in [0.2, 0.25) is 0 Å².